The van der Waals surface area contributed by atoms with Gasteiger partial charge in [0.25, 0.3) is 0 Å². The Labute approximate surface area is 358 Å². The lowest BCUT2D eigenvalue weighted by Crippen LogP contribution is -2.34. The van der Waals surface area contributed by atoms with E-state index < -0.39 is 10.8 Å². The van der Waals surface area contributed by atoms with Gasteiger partial charge in [-0.05, 0) is 114 Å². The summed E-state index contributed by atoms with van der Waals surface area (Å²) >= 11 is 0. The van der Waals surface area contributed by atoms with Crippen molar-refractivity contribution in [2.24, 2.45) is 0 Å². The number of benzene rings is 9. The van der Waals surface area contributed by atoms with Crippen molar-refractivity contribution in [1.82, 2.24) is 0 Å². The first kappa shape index (κ1) is 34.6. The summed E-state index contributed by atoms with van der Waals surface area (Å²) in [6.07, 6.45) is 0. The van der Waals surface area contributed by atoms with Gasteiger partial charge in [-0.2, -0.15) is 0 Å². The maximum atomic E-state index is 2.63. The van der Waals surface area contributed by atoms with E-state index >= 15 is 0 Å². The molecular weight excluding hydrogens is 735 g/mol. The fourth-order valence-electron chi connectivity index (χ4n) is 12.4. The molecule has 0 radical (unpaired) electrons. The number of rotatable bonds is 4. The molecule has 0 saturated carbocycles. The Hall–Kier alpha value is -7.22. The van der Waals surface area contributed by atoms with Crippen molar-refractivity contribution in [3.8, 4) is 44.5 Å². The molecule has 9 aromatic carbocycles. The van der Waals surface area contributed by atoms with Gasteiger partial charge in [0.05, 0.1) is 22.5 Å². The van der Waals surface area contributed by atoms with Crippen LogP contribution in [0.4, 0.5) is 17.1 Å². The Morgan fingerprint density at radius 1 is 0.311 bits per heavy atom. The van der Waals surface area contributed by atoms with Crippen LogP contribution >= 0.6 is 0 Å². The minimum Gasteiger partial charge on any atom is -0.309 e. The zero-order valence-electron chi connectivity index (χ0n) is 34.6. The highest BCUT2D eigenvalue weighted by atomic mass is 15.2. The van der Waals surface area contributed by atoms with E-state index in [1.165, 1.54) is 112 Å². The van der Waals surface area contributed by atoms with Crippen molar-refractivity contribution in [3.63, 3.8) is 0 Å². The Balaban J connectivity index is 1.16. The van der Waals surface area contributed by atoms with Crippen molar-refractivity contribution in [1.29, 1.82) is 0 Å². The number of nitrogens with zero attached hydrogens (tertiary/aromatic N) is 1. The van der Waals surface area contributed by atoms with Gasteiger partial charge < -0.3 is 4.90 Å². The third-order valence-corrected chi connectivity index (χ3v) is 14.9. The highest BCUT2D eigenvalue weighted by Crippen LogP contribution is 2.66. The van der Waals surface area contributed by atoms with Gasteiger partial charge in [0.2, 0.25) is 0 Å². The Kier molecular flexibility index (Phi) is 6.91. The molecule has 1 nitrogen and oxygen atoms in total. The Bertz CT molecular complexity index is 3260. The predicted molar refractivity (Wildman–Crippen MR) is 252 cm³/mol. The second-order valence-electron chi connectivity index (χ2n) is 18.1. The van der Waals surface area contributed by atoms with E-state index in [9.17, 15) is 0 Å². The molecule has 1 heterocycles. The standard InChI is InChI=1S/C60H43N/c1-58(2)47-30-14-12-27-45(47)56-43(28-18-33-50(56)58)42-26-13-17-34-53(42)61-54-35-19-29-44-40-24-10-15-31-48(40)59(3,57(44)54)52-37-51-46(36-55(52)61)41-25-11-16-32-49(41)60(51,38-20-6-4-7-21-38)39-22-8-5-9-23-39/h4-37H,1-3H3. The summed E-state index contributed by atoms with van der Waals surface area (Å²) in [5.74, 6) is 0. The van der Waals surface area contributed by atoms with Crippen LogP contribution in [0.1, 0.15) is 70.8 Å². The molecule has 3 aliphatic carbocycles. The van der Waals surface area contributed by atoms with Gasteiger partial charge in [-0.3, -0.25) is 0 Å². The van der Waals surface area contributed by atoms with Crippen LogP contribution in [0.3, 0.4) is 0 Å². The van der Waals surface area contributed by atoms with E-state index in [0.717, 1.165) is 0 Å². The molecule has 4 aliphatic rings. The molecule has 1 aliphatic heterocycles. The van der Waals surface area contributed by atoms with E-state index in [0.29, 0.717) is 0 Å². The molecule has 0 saturated heterocycles. The van der Waals surface area contributed by atoms with Crippen LogP contribution < -0.4 is 4.90 Å². The number of anilines is 3. The van der Waals surface area contributed by atoms with E-state index in [-0.39, 0.29) is 5.41 Å². The second-order valence-corrected chi connectivity index (χ2v) is 18.1. The topological polar surface area (TPSA) is 3.24 Å². The third-order valence-electron chi connectivity index (χ3n) is 14.9. The van der Waals surface area contributed by atoms with E-state index in [2.05, 4.69) is 232 Å². The monoisotopic (exact) mass is 777 g/mol. The van der Waals surface area contributed by atoms with Gasteiger partial charge in [0.15, 0.2) is 0 Å². The van der Waals surface area contributed by atoms with E-state index in [1.807, 2.05) is 0 Å². The van der Waals surface area contributed by atoms with E-state index in [4.69, 9.17) is 0 Å². The van der Waals surface area contributed by atoms with Gasteiger partial charge in [-0.25, -0.2) is 0 Å². The molecule has 1 unspecified atom stereocenters. The summed E-state index contributed by atoms with van der Waals surface area (Å²) in [5, 5.41) is 0. The predicted octanol–water partition coefficient (Wildman–Crippen LogP) is 15.1. The lowest BCUT2D eigenvalue weighted by molar-refractivity contribution is 0.660. The summed E-state index contributed by atoms with van der Waals surface area (Å²) in [6.45, 7) is 7.25. The number of hydrogen-bond acceptors (Lipinski definition) is 1. The molecule has 1 heteroatoms. The SMILES string of the molecule is CC1(C)c2ccccc2-c2c(-c3ccccc3N3c4cc5c(cc4C4(C)c6ccccc6-c6cccc3c64)C(c3ccccc3)(c3ccccc3)c3ccccc3-5)cccc21. The second kappa shape index (κ2) is 12.2. The molecular formula is C60H43N. The summed E-state index contributed by atoms with van der Waals surface area (Å²) < 4.78 is 0. The van der Waals surface area contributed by atoms with Gasteiger partial charge in [0, 0.05) is 16.4 Å². The molecule has 0 bridgehead atoms. The van der Waals surface area contributed by atoms with Crippen LogP contribution in [0.5, 0.6) is 0 Å². The van der Waals surface area contributed by atoms with Gasteiger partial charge >= 0.3 is 0 Å². The van der Waals surface area contributed by atoms with Crippen molar-refractivity contribution in [2.75, 3.05) is 4.90 Å². The minimum absolute atomic E-state index is 0.0968. The van der Waals surface area contributed by atoms with Crippen molar-refractivity contribution in [2.45, 2.75) is 37.0 Å². The highest BCUT2D eigenvalue weighted by Gasteiger charge is 2.52. The molecule has 0 aromatic heterocycles. The van der Waals surface area contributed by atoms with Crippen LogP contribution in [-0.2, 0) is 16.2 Å². The first-order valence-electron chi connectivity index (χ1n) is 21.7. The first-order valence-corrected chi connectivity index (χ1v) is 21.7. The van der Waals surface area contributed by atoms with Crippen LogP contribution in [-0.4, -0.2) is 0 Å². The smallest absolute Gasteiger partial charge is 0.0713 e. The molecule has 61 heavy (non-hydrogen) atoms. The fraction of sp³-hybridized carbons (Fsp3) is 0.100. The quantitative estimate of drug-likeness (QED) is 0.172. The maximum absolute atomic E-state index is 2.63. The Morgan fingerprint density at radius 3 is 1.54 bits per heavy atom. The zero-order valence-corrected chi connectivity index (χ0v) is 34.6. The molecule has 13 rings (SSSR count). The molecule has 288 valence electrons. The number of hydrogen-bond donors (Lipinski definition) is 0. The number of fused-ring (bicyclic) bond motifs is 11. The average molecular weight is 778 g/mol. The van der Waals surface area contributed by atoms with Crippen LogP contribution in [0.25, 0.3) is 44.5 Å². The summed E-state index contributed by atoms with van der Waals surface area (Å²) in [7, 11) is 0. The molecule has 0 amide bonds. The molecule has 0 fully saturated rings. The van der Waals surface area contributed by atoms with Crippen LogP contribution in [0, 0.1) is 0 Å². The maximum Gasteiger partial charge on any atom is 0.0713 e. The molecule has 1 atom stereocenters. The highest BCUT2D eigenvalue weighted by molar-refractivity contribution is 6.04. The van der Waals surface area contributed by atoms with Gasteiger partial charge in [-0.15, -0.1) is 0 Å². The first-order chi connectivity index (χ1) is 29.9. The number of para-hydroxylation sites is 1. The van der Waals surface area contributed by atoms with Gasteiger partial charge in [0.1, 0.15) is 0 Å². The lowest BCUT2D eigenvalue weighted by atomic mass is 9.65. The summed E-state index contributed by atoms with van der Waals surface area (Å²) in [6, 6.07) is 78.1. The van der Waals surface area contributed by atoms with Crippen molar-refractivity contribution < 1.29 is 0 Å². The van der Waals surface area contributed by atoms with Crippen molar-refractivity contribution in [3.05, 3.63) is 256 Å². The van der Waals surface area contributed by atoms with Crippen molar-refractivity contribution >= 4 is 17.1 Å². The van der Waals surface area contributed by atoms with Crippen LogP contribution in [0.2, 0.25) is 0 Å². The summed E-state index contributed by atoms with van der Waals surface area (Å²) in [4.78, 5) is 2.62. The Morgan fingerprint density at radius 2 is 0.820 bits per heavy atom. The molecule has 9 aromatic rings. The molecule has 0 N–H and O–H groups in total. The average Bonchev–Trinajstić information content (AvgIpc) is 3.86. The largest absolute Gasteiger partial charge is 0.309 e. The zero-order chi connectivity index (χ0) is 40.7. The lowest BCUT2D eigenvalue weighted by Gasteiger charge is -2.44. The summed E-state index contributed by atoms with van der Waals surface area (Å²) in [5.41, 5.74) is 25.2. The minimum atomic E-state index is -0.509. The molecule has 0 spiro atoms. The normalized spacial score (nSPS) is 17.4. The third kappa shape index (κ3) is 4.26. The van der Waals surface area contributed by atoms with E-state index in [1.54, 1.807) is 0 Å². The van der Waals surface area contributed by atoms with Crippen LogP contribution in [0.15, 0.2) is 206 Å². The fourth-order valence-corrected chi connectivity index (χ4v) is 12.4. The van der Waals surface area contributed by atoms with Gasteiger partial charge in [-0.1, -0.05) is 202 Å².